The Labute approximate surface area is 111 Å². The minimum absolute atomic E-state index is 0.167. The van der Waals surface area contributed by atoms with Gasteiger partial charge in [-0.05, 0) is 52.5 Å². The Balaban J connectivity index is 2.41. The van der Waals surface area contributed by atoms with Gasteiger partial charge in [0.2, 0.25) is 0 Å². The van der Waals surface area contributed by atoms with Gasteiger partial charge in [0.25, 0.3) is 0 Å². The van der Waals surface area contributed by atoms with Gasteiger partial charge in [0.15, 0.2) is 0 Å². The van der Waals surface area contributed by atoms with Crippen LogP contribution in [-0.2, 0) is 4.74 Å². The van der Waals surface area contributed by atoms with E-state index in [1.807, 2.05) is 27.7 Å². The molecule has 0 aromatic carbocycles. The first-order valence-electron chi connectivity index (χ1n) is 7.18. The molecule has 3 nitrogen and oxygen atoms in total. The number of amides is 1. The van der Waals surface area contributed by atoms with Gasteiger partial charge in [-0.25, -0.2) is 4.79 Å². The highest BCUT2D eigenvalue weighted by atomic mass is 16.5. The fraction of sp³-hybridized carbons (Fsp3) is 0.800. The second-order valence-corrected chi connectivity index (χ2v) is 5.71. The summed E-state index contributed by atoms with van der Waals surface area (Å²) in [4.78, 5) is 13.7. The Morgan fingerprint density at radius 1 is 1.11 bits per heavy atom. The predicted octanol–water partition coefficient (Wildman–Crippen LogP) is 4.34. The fourth-order valence-corrected chi connectivity index (χ4v) is 2.61. The zero-order valence-corrected chi connectivity index (χ0v) is 12.2. The van der Waals surface area contributed by atoms with Crippen LogP contribution in [0.1, 0.15) is 59.8 Å². The van der Waals surface area contributed by atoms with Crippen molar-refractivity contribution in [3.05, 3.63) is 12.3 Å². The number of hydrogen-bond donors (Lipinski definition) is 0. The molecule has 0 aliphatic heterocycles. The van der Waals surface area contributed by atoms with Crippen molar-refractivity contribution in [3.8, 4) is 0 Å². The normalized spacial score (nSPS) is 17.7. The zero-order valence-electron chi connectivity index (χ0n) is 12.2. The van der Waals surface area contributed by atoms with Gasteiger partial charge in [0.05, 0.1) is 6.26 Å². The number of nitrogens with zero attached hydrogens (tertiary/aromatic N) is 1. The second kappa shape index (κ2) is 7.45. The molecule has 0 heterocycles. The van der Waals surface area contributed by atoms with Crippen LogP contribution in [0.2, 0.25) is 0 Å². The Hall–Kier alpha value is -0.990. The van der Waals surface area contributed by atoms with Crippen molar-refractivity contribution in [2.24, 2.45) is 5.92 Å². The Kier molecular flexibility index (Phi) is 6.23. The van der Waals surface area contributed by atoms with Crippen LogP contribution >= 0.6 is 0 Å². The number of allylic oxidation sites excluding steroid dienone is 1. The van der Waals surface area contributed by atoms with Crippen molar-refractivity contribution in [1.82, 2.24) is 4.90 Å². The minimum Gasteiger partial charge on any atom is -0.418 e. The molecule has 0 unspecified atom stereocenters. The van der Waals surface area contributed by atoms with Crippen molar-refractivity contribution >= 4 is 6.09 Å². The lowest BCUT2D eigenvalue weighted by atomic mass is 9.89. The van der Waals surface area contributed by atoms with Crippen LogP contribution in [0.5, 0.6) is 0 Å². The van der Waals surface area contributed by atoms with Crippen LogP contribution < -0.4 is 0 Å². The fourth-order valence-electron chi connectivity index (χ4n) is 2.61. The van der Waals surface area contributed by atoms with Crippen LogP contribution in [0.15, 0.2) is 12.3 Å². The summed E-state index contributed by atoms with van der Waals surface area (Å²) in [5.41, 5.74) is 0. The largest absolute Gasteiger partial charge is 0.418 e. The molecule has 1 saturated carbocycles. The highest BCUT2D eigenvalue weighted by molar-refractivity contribution is 5.68. The topological polar surface area (TPSA) is 29.5 Å². The number of hydrogen-bond acceptors (Lipinski definition) is 2. The lowest BCUT2D eigenvalue weighted by Crippen LogP contribution is -2.41. The SMILES string of the molecule is CC(C)N(C(=O)OC=CC1CCCCC1)C(C)C. The first-order chi connectivity index (χ1) is 8.52. The smallest absolute Gasteiger partial charge is 0.415 e. The maximum absolute atomic E-state index is 11.9. The van der Waals surface area contributed by atoms with Crippen LogP contribution in [0.25, 0.3) is 0 Å². The number of ether oxygens (including phenoxy) is 1. The molecular formula is C15H27NO2. The van der Waals surface area contributed by atoms with Crippen LogP contribution in [0, 0.1) is 5.92 Å². The van der Waals surface area contributed by atoms with Crippen molar-refractivity contribution in [1.29, 1.82) is 0 Å². The van der Waals surface area contributed by atoms with Crippen molar-refractivity contribution < 1.29 is 9.53 Å². The Bertz CT molecular complexity index is 270. The number of carbonyl (C=O) groups excluding carboxylic acids is 1. The Morgan fingerprint density at radius 3 is 2.17 bits per heavy atom. The van der Waals surface area contributed by atoms with E-state index < -0.39 is 0 Å². The van der Waals surface area contributed by atoms with Crippen LogP contribution in [0.3, 0.4) is 0 Å². The van der Waals surface area contributed by atoms with E-state index in [0.717, 1.165) is 0 Å². The molecule has 0 aromatic rings. The molecule has 0 atom stereocenters. The molecule has 3 heteroatoms. The highest BCUT2D eigenvalue weighted by Gasteiger charge is 2.20. The molecule has 0 aromatic heterocycles. The maximum atomic E-state index is 11.9. The second-order valence-electron chi connectivity index (χ2n) is 5.71. The van der Waals surface area contributed by atoms with Gasteiger partial charge in [-0.3, -0.25) is 0 Å². The van der Waals surface area contributed by atoms with Gasteiger partial charge in [-0.2, -0.15) is 0 Å². The maximum Gasteiger partial charge on any atom is 0.415 e. The molecule has 0 bridgehead atoms. The summed E-state index contributed by atoms with van der Waals surface area (Å²) in [5.74, 6) is 0.595. The zero-order chi connectivity index (χ0) is 13.5. The summed E-state index contributed by atoms with van der Waals surface area (Å²) in [5, 5.41) is 0. The summed E-state index contributed by atoms with van der Waals surface area (Å²) in [6, 6.07) is 0.334. The first kappa shape index (κ1) is 15.1. The van der Waals surface area contributed by atoms with Gasteiger partial charge in [-0.1, -0.05) is 19.3 Å². The van der Waals surface area contributed by atoms with E-state index in [-0.39, 0.29) is 18.2 Å². The standard InChI is InChI=1S/C15H27NO2/c1-12(2)16(13(3)4)15(17)18-11-10-14-8-6-5-7-9-14/h10-14H,5-9H2,1-4H3. The van der Waals surface area contributed by atoms with Crippen LogP contribution in [0.4, 0.5) is 4.79 Å². The third kappa shape index (κ3) is 4.71. The molecule has 1 aliphatic rings. The molecule has 0 radical (unpaired) electrons. The highest BCUT2D eigenvalue weighted by Crippen LogP contribution is 2.24. The quantitative estimate of drug-likeness (QED) is 0.698. The van der Waals surface area contributed by atoms with E-state index in [1.165, 1.54) is 32.1 Å². The average molecular weight is 253 g/mol. The van der Waals surface area contributed by atoms with E-state index in [1.54, 1.807) is 11.2 Å². The van der Waals surface area contributed by atoms with Gasteiger partial charge >= 0.3 is 6.09 Å². The monoisotopic (exact) mass is 253 g/mol. The molecule has 1 aliphatic carbocycles. The Morgan fingerprint density at radius 2 is 1.67 bits per heavy atom. The van der Waals surface area contributed by atoms with E-state index in [4.69, 9.17) is 4.74 Å². The number of rotatable bonds is 4. The third-order valence-corrected chi connectivity index (χ3v) is 3.49. The lowest BCUT2D eigenvalue weighted by Gasteiger charge is -2.29. The average Bonchev–Trinajstić information content (AvgIpc) is 2.29. The van der Waals surface area contributed by atoms with Gasteiger partial charge in [0, 0.05) is 12.1 Å². The van der Waals surface area contributed by atoms with E-state index >= 15 is 0 Å². The number of carbonyl (C=O) groups is 1. The van der Waals surface area contributed by atoms with E-state index in [0.29, 0.717) is 5.92 Å². The van der Waals surface area contributed by atoms with Gasteiger partial charge < -0.3 is 9.64 Å². The lowest BCUT2D eigenvalue weighted by molar-refractivity contribution is 0.108. The molecule has 1 rings (SSSR count). The van der Waals surface area contributed by atoms with Gasteiger partial charge in [-0.15, -0.1) is 0 Å². The molecule has 0 N–H and O–H groups in total. The minimum atomic E-state index is -0.243. The molecule has 104 valence electrons. The van der Waals surface area contributed by atoms with Gasteiger partial charge in [0.1, 0.15) is 0 Å². The molecule has 1 amide bonds. The predicted molar refractivity (Wildman–Crippen MR) is 74.3 cm³/mol. The molecule has 18 heavy (non-hydrogen) atoms. The van der Waals surface area contributed by atoms with Crippen molar-refractivity contribution in [3.63, 3.8) is 0 Å². The summed E-state index contributed by atoms with van der Waals surface area (Å²) in [6.07, 6.45) is 9.80. The third-order valence-electron chi connectivity index (χ3n) is 3.49. The van der Waals surface area contributed by atoms with E-state index in [2.05, 4.69) is 6.08 Å². The molecule has 0 spiro atoms. The molecular weight excluding hydrogens is 226 g/mol. The summed E-state index contributed by atoms with van der Waals surface area (Å²) < 4.78 is 5.24. The summed E-state index contributed by atoms with van der Waals surface area (Å²) in [7, 11) is 0. The first-order valence-corrected chi connectivity index (χ1v) is 7.18. The summed E-state index contributed by atoms with van der Waals surface area (Å²) >= 11 is 0. The van der Waals surface area contributed by atoms with Crippen LogP contribution in [-0.4, -0.2) is 23.1 Å². The van der Waals surface area contributed by atoms with Crippen molar-refractivity contribution in [2.45, 2.75) is 71.9 Å². The molecule has 0 saturated heterocycles. The molecule has 1 fully saturated rings. The van der Waals surface area contributed by atoms with E-state index in [9.17, 15) is 4.79 Å². The summed E-state index contributed by atoms with van der Waals surface area (Å²) in [6.45, 7) is 8.02. The van der Waals surface area contributed by atoms with Crippen molar-refractivity contribution in [2.75, 3.05) is 0 Å².